The van der Waals surface area contributed by atoms with Crippen molar-refractivity contribution in [3.05, 3.63) is 60.6 Å². The summed E-state index contributed by atoms with van der Waals surface area (Å²) in [7, 11) is 1.88. The lowest BCUT2D eigenvalue weighted by Crippen LogP contribution is -2.26. The van der Waals surface area contributed by atoms with Gasteiger partial charge in [0.15, 0.2) is 0 Å². The summed E-state index contributed by atoms with van der Waals surface area (Å²) in [4.78, 5) is 13.7. The molecule has 6 heteroatoms. The van der Waals surface area contributed by atoms with Gasteiger partial charge in [0, 0.05) is 31.4 Å². The lowest BCUT2D eigenvalue weighted by Gasteiger charge is -2.14. The van der Waals surface area contributed by atoms with Crippen LogP contribution < -0.4 is 0 Å². The molecule has 1 fully saturated rings. The lowest BCUT2D eigenvalue weighted by atomic mass is 9.98. The number of amides is 1. The Balaban J connectivity index is 1.74. The number of carbonyl (C=O) groups excluding carboxylic acids is 1. The normalized spacial score (nSPS) is 16.8. The first kappa shape index (κ1) is 17.3. The number of benzene rings is 2. The molecule has 2 aromatic carbocycles. The summed E-state index contributed by atoms with van der Waals surface area (Å²) in [6.45, 7) is 4.89. The van der Waals surface area contributed by atoms with E-state index in [0.717, 1.165) is 23.0 Å². The van der Waals surface area contributed by atoms with Crippen LogP contribution in [-0.2, 0) is 11.8 Å². The van der Waals surface area contributed by atoms with Gasteiger partial charge in [-0.25, -0.2) is 4.39 Å². The fraction of sp³-hybridized carbons (Fsp3) is 0.238. The van der Waals surface area contributed by atoms with Crippen molar-refractivity contribution in [2.75, 3.05) is 13.1 Å². The number of hydrogen-bond donors (Lipinski definition) is 1. The highest BCUT2D eigenvalue weighted by molar-refractivity contribution is 5.89. The SMILES string of the molecule is C=CC(=O)N1CCC(c2c3ccc(-c4c(O)cccc4F)cc3nn2C)C1. The number of nitrogens with zero attached hydrogens (tertiary/aromatic N) is 3. The zero-order valence-corrected chi connectivity index (χ0v) is 15.0. The first-order chi connectivity index (χ1) is 13.0. The van der Waals surface area contributed by atoms with E-state index in [0.29, 0.717) is 18.7 Å². The van der Waals surface area contributed by atoms with Gasteiger partial charge in [-0.1, -0.05) is 24.8 Å². The van der Waals surface area contributed by atoms with Crippen molar-refractivity contribution >= 4 is 16.8 Å². The van der Waals surface area contributed by atoms with Crippen LogP contribution in [0.5, 0.6) is 5.75 Å². The van der Waals surface area contributed by atoms with Crippen molar-refractivity contribution in [1.82, 2.24) is 14.7 Å². The van der Waals surface area contributed by atoms with Crippen molar-refractivity contribution < 1.29 is 14.3 Å². The molecule has 0 radical (unpaired) electrons. The summed E-state index contributed by atoms with van der Waals surface area (Å²) in [6, 6.07) is 9.77. The van der Waals surface area contributed by atoms with Crippen molar-refractivity contribution in [3.8, 4) is 16.9 Å². The number of aryl methyl sites for hydroxylation is 1. The molecular formula is C21H20FN3O2. The summed E-state index contributed by atoms with van der Waals surface area (Å²) >= 11 is 0. The van der Waals surface area contributed by atoms with Gasteiger partial charge in [-0.3, -0.25) is 9.48 Å². The molecule has 1 atom stereocenters. The maximum absolute atomic E-state index is 14.2. The second kappa shape index (κ2) is 6.54. The zero-order valence-electron chi connectivity index (χ0n) is 15.0. The van der Waals surface area contributed by atoms with Crippen LogP contribution in [0.1, 0.15) is 18.0 Å². The standard InChI is InChI=1S/C21H20FN3O2/c1-3-19(27)25-10-9-14(12-25)21-15-8-7-13(11-17(15)23-24(21)2)20-16(22)5-4-6-18(20)26/h3-8,11,14,26H,1,9-10,12H2,2H3. The van der Waals surface area contributed by atoms with Crippen LogP contribution in [0.25, 0.3) is 22.0 Å². The molecule has 0 saturated carbocycles. The predicted octanol–water partition coefficient (Wildman–Crippen LogP) is 3.59. The highest BCUT2D eigenvalue weighted by Gasteiger charge is 2.29. The highest BCUT2D eigenvalue weighted by Crippen LogP contribution is 2.36. The average Bonchev–Trinajstić information content (AvgIpc) is 3.24. The van der Waals surface area contributed by atoms with Gasteiger partial charge in [-0.2, -0.15) is 5.10 Å². The molecule has 0 aliphatic carbocycles. The molecule has 1 aliphatic heterocycles. The van der Waals surface area contributed by atoms with Gasteiger partial charge in [0.1, 0.15) is 11.6 Å². The van der Waals surface area contributed by atoms with Crippen LogP contribution in [0, 0.1) is 5.82 Å². The van der Waals surface area contributed by atoms with Gasteiger partial charge < -0.3 is 10.0 Å². The van der Waals surface area contributed by atoms with Crippen LogP contribution in [0.2, 0.25) is 0 Å². The number of hydrogen-bond acceptors (Lipinski definition) is 3. The summed E-state index contributed by atoms with van der Waals surface area (Å²) in [6.07, 6.45) is 2.21. The van der Waals surface area contributed by atoms with Gasteiger partial charge in [-0.05, 0) is 36.3 Å². The highest BCUT2D eigenvalue weighted by atomic mass is 19.1. The molecule has 1 N–H and O–H groups in total. The van der Waals surface area contributed by atoms with E-state index in [1.807, 2.05) is 17.8 Å². The molecule has 1 amide bonds. The van der Waals surface area contributed by atoms with Gasteiger partial charge in [0.2, 0.25) is 5.91 Å². The van der Waals surface area contributed by atoms with Crippen molar-refractivity contribution in [2.45, 2.75) is 12.3 Å². The minimum Gasteiger partial charge on any atom is -0.507 e. The van der Waals surface area contributed by atoms with Crippen molar-refractivity contribution in [1.29, 1.82) is 0 Å². The molecule has 2 heterocycles. The average molecular weight is 365 g/mol. The first-order valence-corrected chi connectivity index (χ1v) is 8.85. The van der Waals surface area contributed by atoms with Gasteiger partial charge in [-0.15, -0.1) is 0 Å². The fourth-order valence-electron chi connectivity index (χ4n) is 3.97. The van der Waals surface area contributed by atoms with E-state index in [-0.39, 0.29) is 23.1 Å². The largest absolute Gasteiger partial charge is 0.507 e. The minimum absolute atomic E-state index is 0.0544. The Kier molecular flexibility index (Phi) is 4.18. The number of phenols is 1. The molecule has 1 aromatic heterocycles. The van der Waals surface area contributed by atoms with Crippen LogP contribution in [0.15, 0.2) is 49.1 Å². The lowest BCUT2D eigenvalue weighted by molar-refractivity contribution is -0.125. The van der Waals surface area contributed by atoms with E-state index in [2.05, 4.69) is 11.7 Å². The third kappa shape index (κ3) is 2.87. The molecule has 5 nitrogen and oxygen atoms in total. The van der Waals surface area contributed by atoms with Crippen molar-refractivity contribution in [2.24, 2.45) is 7.05 Å². The fourth-order valence-corrected chi connectivity index (χ4v) is 3.97. The van der Waals surface area contributed by atoms with E-state index < -0.39 is 5.82 Å². The molecular weight excluding hydrogens is 345 g/mol. The van der Waals surface area contributed by atoms with E-state index >= 15 is 0 Å². The summed E-state index contributed by atoms with van der Waals surface area (Å²) in [5, 5.41) is 15.6. The number of likely N-dealkylation sites (tertiary alicyclic amines) is 1. The Labute approximate surface area is 156 Å². The Morgan fingerprint density at radius 1 is 1.37 bits per heavy atom. The molecule has 4 rings (SSSR count). The van der Waals surface area contributed by atoms with E-state index in [4.69, 9.17) is 0 Å². The number of fused-ring (bicyclic) bond motifs is 1. The zero-order chi connectivity index (χ0) is 19.1. The Hall–Kier alpha value is -3.15. The molecule has 0 bridgehead atoms. The molecule has 1 aliphatic rings. The number of halogens is 1. The van der Waals surface area contributed by atoms with E-state index in [1.165, 1.54) is 24.3 Å². The van der Waals surface area contributed by atoms with Crippen LogP contribution in [-0.4, -0.2) is 38.8 Å². The molecule has 1 unspecified atom stereocenters. The van der Waals surface area contributed by atoms with E-state index in [1.54, 1.807) is 17.0 Å². The first-order valence-electron chi connectivity index (χ1n) is 8.85. The predicted molar refractivity (Wildman–Crippen MR) is 102 cm³/mol. The summed E-state index contributed by atoms with van der Waals surface area (Å²) in [5.41, 5.74) is 2.56. The Morgan fingerprint density at radius 2 is 2.19 bits per heavy atom. The Morgan fingerprint density at radius 3 is 2.93 bits per heavy atom. The third-order valence-corrected chi connectivity index (χ3v) is 5.22. The maximum atomic E-state index is 14.2. The minimum atomic E-state index is -0.472. The quantitative estimate of drug-likeness (QED) is 0.722. The van der Waals surface area contributed by atoms with Gasteiger partial charge in [0.05, 0.1) is 16.8 Å². The number of phenolic OH excluding ortho intramolecular Hbond substituents is 1. The van der Waals surface area contributed by atoms with Crippen LogP contribution in [0.4, 0.5) is 4.39 Å². The van der Waals surface area contributed by atoms with Gasteiger partial charge >= 0.3 is 0 Å². The van der Waals surface area contributed by atoms with Crippen LogP contribution >= 0.6 is 0 Å². The van der Waals surface area contributed by atoms with Gasteiger partial charge in [0.25, 0.3) is 0 Å². The molecule has 1 saturated heterocycles. The number of aromatic hydroxyl groups is 1. The number of rotatable bonds is 3. The third-order valence-electron chi connectivity index (χ3n) is 5.22. The second-order valence-electron chi connectivity index (χ2n) is 6.85. The summed E-state index contributed by atoms with van der Waals surface area (Å²) < 4.78 is 16.0. The topological polar surface area (TPSA) is 58.4 Å². The number of carbonyl (C=O) groups is 1. The molecule has 138 valence electrons. The maximum Gasteiger partial charge on any atom is 0.245 e. The number of aromatic nitrogens is 2. The Bertz CT molecular complexity index is 1040. The molecule has 0 spiro atoms. The molecule has 27 heavy (non-hydrogen) atoms. The summed E-state index contributed by atoms with van der Waals surface area (Å²) in [5.74, 6) is -0.433. The molecule has 3 aromatic rings. The van der Waals surface area contributed by atoms with Crippen LogP contribution in [0.3, 0.4) is 0 Å². The van der Waals surface area contributed by atoms with E-state index in [9.17, 15) is 14.3 Å². The smallest absolute Gasteiger partial charge is 0.245 e. The second-order valence-corrected chi connectivity index (χ2v) is 6.85. The van der Waals surface area contributed by atoms with Crippen molar-refractivity contribution in [3.63, 3.8) is 0 Å². The monoisotopic (exact) mass is 365 g/mol.